The maximum Gasteiger partial charge on any atom is 0.471 e. The van der Waals surface area contributed by atoms with Gasteiger partial charge in [-0.05, 0) is 12.1 Å². The quantitative estimate of drug-likeness (QED) is 0.859. The molecule has 2 heterocycles. The van der Waals surface area contributed by atoms with Crippen LogP contribution in [0.1, 0.15) is 10.6 Å². The third-order valence-corrected chi connectivity index (χ3v) is 3.31. The maximum absolute atomic E-state index is 12.0. The molecule has 0 aromatic carbocycles. The second-order valence-corrected chi connectivity index (χ2v) is 4.83. The van der Waals surface area contributed by atoms with Crippen LogP contribution >= 0.6 is 0 Å². The lowest BCUT2D eigenvalue weighted by Crippen LogP contribution is -2.53. The summed E-state index contributed by atoms with van der Waals surface area (Å²) >= 11 is 0. The lowest BCUT2D eigenvalue weighted by atomic mass is 10.2. The van der Waals surface area contributed by atoms with Crippen molar-refractivity contribution in [1.82, 2.24) is 15.1 Å². The molecule has 1 aliphatic heterocycles. The van der Waals surface area contributed by atoms with E-state index in [0.29, 0.717) is 0 Å². The molecule has 3 amide bonds. The fourth-order valence-corrected chi connectivity index (χ4v) is 2.08. The van der Waals surface area contributed by atoms with E-state index in [1.807, 2.05) is 0 Å². The van der Waals surface area contributed by atoms with Crippen LogP contribution in [0.5, 0.6) is 0 Å². The molecule has 1 aliphatic rings. The first-order valence-corrected chi connectivity index (χ1v) is 6.74. The number of hydrogen-bond acceptors (Lipinski definition) is 4. The average molecular weight is 333 g/mol. The highest BCUT2D eigenvalue weighted by Crippen LogP contribution is 2.14. The number of halogens is 3. The summed E-state index contributed by atoms with van der Waals surface area (Å²) in [6.45, 7) is 0.0851. The molecule has 1 aromatic rings. The summed E-state index contributed by atoms with van der Waals surface area (Å²) in [6.07, 6.45) is -3.65. The number of carbonyl (C=O) groups is 3. The Labute approximate surface area is 129 Å². The smallest absolute Gasteiger partial charge is 0.459 e. The van der Waals surface area contributed by atoms with Crippen LogP contribution < -0.4 is 5.32 Å². The van der Waals surface area contributed by atoms with Gasteiger partial charge in [-0.15, -0.1) is 0 Å². The van der Waals surface area contributed by atoms with Gasteiger partial charge in [0.1, 0.15) is 0 Å². The maximum atomic E-state index is 12.0. The van der Waals surface area contributed by atoms with Crippen molar-refractivity contribution in [3.8, 4) is 0 Å². The number of rotatable bonds is 3. The third kappa shape index (κ3) is 4.24. The molecule has 0 saturated carbocycles. The Balaban J connectivity index is 1.79. The van der Waals surface area contributed by atoms with Crippen molar-refractivity contribution < 1.29 is 32.0 Å². The molecule has 1 aromatic heterocycles. The monoisotopic (exact) mass is 333 g/mol. The molecule has 0 aliphatic carbocycles. The summed E-state index contributed by atoms with van der Waals surface area (Å²) in [6, 6.07) is 3.10. The fourth-order valence-electron chi connectivity index (χ4n) is 2.08. The summed E-state index contributed by atoms with van der Waals surface area (Å²) < 4.78 is 41.1. The second kappa shape index (κ2) is 6.71. The number of furan rings is 1. The molecule has 0 atom stereocenters. The first-order valence-electron chi connectivity index (χ1n) is 6.74. The Bertz CT molecular complexity index is 578. The van der Waals surface area contributed by atoms with Crippen molar-refractivity contribution in [2.24, 2.45) is 0 Å². The average Bonchev–Trinajstić information content (AvgIpc) is 3.05. The van der Waals surface area contributed by atoms with Crippen LogP contribution in [-0.2, 0) is 9.59 Å². The van der Waals surface area contributed by atoms with E-state index in [4.69, 9.17) is 4.42 Å². The Hall–Kier alpha value is -2.52. The largest absolute Gasteiger partial charge is 0.471 e. The summed E-state index contributed by atoms with van der Waals surface area (Å²) in [4.78, 5) is 37.2. The number of carbonyl (C=O) groups excluding carboxylic acids is 3. The van der Waals surface area contributed by atoms with E-state index in [0.717, 1.165) is 0 Å². The Morgan fingerprint density at radius 2 is 1.74 bits per heavy atom. The molecule has 2 rings (SSSR count). The highest BCUT2D eigenvalue weighted by atomic mass is 19.4. The Morgan fingerprint density at radius 3 is 2.26 bits per heavy atom. The van der Waals surface area contributed by atoms with E-state index in [1.165, 1.54) is 27.4 Å². The van der Waals surface area contributed by atoms with Crippen LogP contribution in [0.3, 0.4) is 0 Å². The van der Waals surface area contributed by atoms with E-state index in [-0.39, 0.29) is 37.8 Å². The molecule has 0 bridgehead atoms. The molecule has 7 nitrogen and oxygen atoms in total. The van der Waals surface area contributed by atoms with Crippen LogP contribution in [0.15, 0.2) is 22.8 Å². The normalized spacial score (nSPS) is 15.4. The first kappa shape index (κ1) is 16.8. The highest BCUT2D eigenvalue weighted by molar-refractivity contribution is 5.92. The van der Waals surface area contributed by atoms with Gasteiger partial charge in [0.2, 0.25) is 5.91 Å². The van der Waals surface area contributed by atoms with Gasteiger partial charge >= 0.3 is 12.1 Å². The summed E-state index contributed by atoms with van der Waals surface area (Å²) in [5, 5.41) is 1.53. The summed E-state index contributed by atoms with van der Waals surface area (Å²) in [7, 11) is 0. The molecule has 23 heavy (non-hydrogen) atoms. The predicted molar refractivity (Wildman–Crippen MR) is 70.3 cm³/mol. The van der Waals surface area contributed by atoms with Crippen molar-refractivity contribution in [1.29, 1.82) is 0 Å². The zero-order chi connectivity index (χ0) is 17.0. The lowest BCUT2D eigenvalue weighted by molar-refractivity contribution is -0.174. The van der Waals surface area contributed by atoms with Crippen LogP contribution in [0.25, 0.3) is 0 Å². The molecule has 0 radical (unpaired) electrons. The minimum absolute atomic E-state index is 0.174. The van der Waals surface area contributed by atoms with E-state index in [2.05, 4.69) is 0 Å². The Kier molecular flexibility index (Phi) is 4.92. The Morgan fingerprint density at radius 1 is 1.13 bits per heavy atom. The van der Waals surface area contributed by atoms with Gasteiger partial charge in [0.15, 0.2) is 5.76 Å². The molecule has 0 unspecified atom stereocenters. The van der Waals surface area contributed by atoms with E-state index < -0.39 is 24.5 Å². The van der Waals surface area contributed by atoms with Crippen molar-refractivity contribution in [2.45, 2.75) is 6.18 Å². The van der Waals surface area contributed by atoms with E-state index in [1.54, 1.807) is 6.07 Å². The van der Waals surface area contributed by atoms with Gasteiger partial charge in [-0.25, -0.2) is 0 Å². The number of nitrogens with zero attached hydrogens (tertiary/aromatic N) is 2. The van der Waals surface area contributed by atoms with Crippen LogP contribution in [0, 0.1) is 0 Å². The molecule has 10 heteroatoms. The number of alkyl halides is 3. The van der Waals surface area contributed by atoms with Crippen molar-refractivity contribution >= 4 is 17.7 Å². The first-order chi connectivity index (χ1) is 10.8. The standard InChI is InChI=1S/C13H14F3N3O4/c14-13(15,16)12(22)17-8-10(20)18-3-5-19(6-4-18)11(21)9-2-1-7-23-9/h1-2,7H,3-6,8H2,(H,17,22). The van der Waals surface area contributed by atoms with Crippen molar-refractivity contribution in [3.05, 3.63) is 24.2 Å². The van der Waals surface area contributed by atoms with Gasteiger partial charge in [0.05, 0.1) is 12.8 Å². The summed E-state index contributed by atoms with van der Waals surface area (Å²) in [5.41, 5.74) is 0. The number of amides is 3. The van der Waals surface area contributed by atoms with Gasteiger partial charge in [0.25, 0.3) is 5.91 Å². The SMILES string of the molecule is O=C(CNC(=O)C(F)(F)F)N1CCN(C(=O)c2ccco2)CC1. The number of nitrogens with one attached hydrogen (secondary N) is 1. The number of hydrogen-bond donors (Lipinski definition) is 1. The van der Waals surface area contributed by atoms with Gasteiger partial charge in [0, 0.05) is 26.2 Å². The number of piperazine rings is 1. The lowest BCUT2D eigenvalue weighted by Gasteiger charge is -2.34. The van der Waals surface area contributed by atoms with Crippen molar-refractivity contribution in [2.75, 3.05) is 32.7 Å². The van der Waals surface area contributed by atoms with Crippen molar-refractivity contribution in [3.63, 3.8) is 0 Å². The molecule has 1 N–H and O–H groups in total. The molecule has 126 valence electrons. The molecule has 1 saturated heterocycles. The third-order valence-electron chi connectivity index (χ3n) is 3.31. The fraction of sp³-hybridized carbons (Fsp3) is 0.462. The minimum Gasteiger partial charge on any atom is -0.459 e. The highest BCUT2D eigenvalue weighted by Gasteiger charge is 2.39. The van der Waals surface area contributed by atoms with Gasteiger partial charge in [-0.2, -0.15) is 13.2 Å². The molecular weight excluding hydrogens is 319 g/mol. The van der Waals surface area contributed by atoms with Crippen LogP contribution in [-0.4, -0.2) is 66.4 Å². The topological polar surface area (TPSA) is 82.9 Å². The van der Waals surface area contributed by atoms with E-state index in [9.17, 15) is 27.6 Å². The molecule has 1 fully saturated rings. The van der Waals surface area contributed by atoms with E-state index >= 15 is 0 Å². The summed E-state index contributed by atoms with van der Waals surface area (Å²) in [5.74, 6) is -2.92. The predicted octanol–water partition coefficient (Wildman–Crippen LogP) is 0.242. The van der Waals surface area contributed by atoms with Crippen LogP contribution in [0.4, 0.5) is 13.2 Å². The van der Waals surface area contributed by atoms with Gasteiger partial charge < -0.3 is 19.5 Å². The van der Waals surface area contributed by atoms with Crippen LogP contribution in [0.2, 0.25) is 0 Å². The second-order valence-electron chi connectivity index (χ2n) is 4.83. The molecular formula is C13H14F3N3O4. The van der Waals surface area contributed by atoms with Gasteiger partial charge in [-0.3, -0.25) is 14.4 Å². The minimum atomic E-state index is -5.02. The molecule has 0 spiro atoms. The zero-order valence-corrected chi connectivity index (χ0v) is 11.9. The zero-order valence-electron chi connectivity index (χ0n) is 11.9. The van der Waals surface area contributed by atoms with Gasteiger partial charge in [-0.1, -0.05) is 0 Å².